The van der Waals surface area contributed by atoms with Gasteiger partial charge < -0.3 is 9.64 Å². The number of nitrogens with zero attached hydrogens (tertiary/aromatic N) is 5. The van der Waals surface area contributed by atoms with E-state index in [9.17, 15) is 17.6 Å². The average molecular weight is 552 g/mol. The largest absolute Gasteiger partial charge is 0.442 e. The molecule has 3 aromatic rings. The summed E-state index contributed by atoms with van der Waals surface area (Å²) in [5.41, 5.74) is 0.334. The van der Waals surface area contributed by atoms with Crippen molar-refractivity contribution < 1.29 is 35.3 Å². The lowest BCUT2D eigenvalue weighted by Gasteiger charge is -2.36. The van der Waals surface area contributed by atoms with Crippen LogP contribution in [0.3, 0.4) is 0 Å². The first kappa shape index (κ1) is 26.0. The maximum Gasteiger partial charge on any atom is 0.414 e. The summed E-state index contributed by atoms with van der Waals surface area (Å²) >= 11 is 0. The molecule has 0 saturated carbocycles. The van der Waals surface area contributed by atoms with Crippen molar-refractivity contribution >= 4 is 27.6 Å². The molecule has 2 aromatic carbocycles. The molecule has 0 radical (unpaired) electrons. The molecule has 0 spiro atoms. The Kier molecular flexibility index (Phi) is 7.01. The molecule has 1 amide bonds. The summed E-state index contributed by atoms with van der Waals surface area (Å²) in [6.07, 6.45) is -1.55. The highest BCUT2D eigenvalue weighted by Crippen LogP contribution is 2.34. The molecule has 202 valence electrons. The van der Waals surface area contributed by atoms with E-state index in [0.717, 1.165) is 27.5 Å². The molecule has 3 heterocycles. The minimum atomic E-state index is -4.21. The number of carbonyl (C=O) groups excluding carboxylic acids is 1. The number of hydrogen-bond acceptors (Lipinski definition) is 8. The number of ether oxygens (including phenoxy) is 1. The Morgan fingerprint density at radius 2 is 1.84 bits per heavy atom. The Balaban J connectivity index is 1.26. The normalized spacial score (nSPS) is 22.1. The van der Waals surface area contributed by atoms with Gasteiger partial charge >= 0.3 is 6.09 Å². The Morgan fingerprint density at radius 1 is 1.13 bits per heavy atom. The van der Waals surface area contributed by atoms with Crippen molar-refractivity contribution in [2.24, 2.45) is 0 Å². The molecule has 0 N–H and O–H groups in total. The quantitative estimate of drug-likeness (QED) is 0.412. The number of aromatic nitrogens is 3. The number of aryl methyl sites for hydroxylation is 1. The van der Waals surface area contributed by atoms with E-state index in [1.165, 1.54) is 23.0 Å². The summed E-state index contributed by atoms with van der Waals surface area (Å²) in [6.45, 7) is 1.53. The van der Waals surface area contributed by atoms with Crippen molar-refractivity contribution in [1.82, 2.24) is 15.0 Å². The van der Waals surface area contributed by atoms with E-state index in [4.69, 9.17) is 8.92 Å². The average Bonchev–Trinajstić information content (AvgIpc) is 3.50. The number of rotatable bonds is 7. The van der Waals surface area contributed by atoms with Gasteiger partial charge in [-0.15, -0.1) is 5.10 Å². The molecule has 3 atom stereocenters. The number of piperidine rings is 1. The Labute approximate surface area is 216 Å². The standard InChI is InChI=1S/C24H24F3N5O5S/c1-15-2-4-18(5-3-15)38(34,35)37-22-6-8-30(14-21(22)27)23-19(25)10-16(11-20(23)26)32-13-17(36-24(32)33)12-31-9-7-28-29-31/h2-5,7,9-11,17,21-22H,6,8,12-14H2,1H3. The van der Waals surface area contributed by atoms with Gasteiger partial charge in [0.05, 0.1) is 36.4 Å². The third-order valence-electron chi connectivity index (χ3n) is 6.41. The topological polar surface area (TPSA) is 107 Å². The van der Waals surface area contributed by atoms with Crippen molar-refractivity contribution in [3.05, 3.63) is 66.0 Å². The number of amides is 1. The zero-order valence-electron chi connectivity index (χ0n) is 20.2. The van der Waals surface area contributed by atoms with Gasteiger partial charge in [-0.05, 0) is 25.5 Å². The lowest BCUT2D eigenvalue weighted by Crippen LogP contribution is -2.47. The van der Waals surface area contributed by atoms with Crippen molar-refractivity contribution in [2.45, 2.75) is 43.2 Å². The maximum atomic E-state index is 15.1. The van der Waals surface area contributed by atoms with Crippen LogP contribution in [0.25, 0.3) is 0 Å². The molecule has 10 nitrogen and oxygen atoms in total. The zero-order valence-corrected chi connectivity index (χ0v) is 21.0. The highest BCUT2D eigenvalue weighted by Gasteiger charge is 2.37. The Bertz CT molecular complexity index is 1400. The molecule has 2 aliphatic heterocycles. The van der Waals surface area contributed by atoms with Crippen LogP contribution in [0, 0.1) is 18.6 Å². The molecule has 2 fully saturated rings. The molecule has 0 aliphatic carbocycles. The molecule has 38 heavy (non-hydrogen) atoms. The highest BCUT2D eigenvalue weighted by atomic mass is 32.2. The van der Waals surface area contributed by atoms with Crippen LogP contribution in [0.5, 0.6) is 0 Å². The van der Waals surface area contributed by atoms with E-state index in [-0.39, 0.29) is 36.6 Å². The summed E-state index contributed by atoms with van der Waals surface area (Å²) in [7, 11) is -4.21. The second kappa shape index (κ2) is 10.3. The minimum Gasteiger partial charge on any atom is -0.442 e. The second-order valence-corrected chi connectivity index (χ2v) is 10.7. The fourth-order valence-electron chi connectivity index (χ4n) is 4.49. The van der Waals surface area contributed by atoms with Crippen LogP contribution in [-0.2, 0) is 25.6 Å². The predicted molar refractivity (Wildman–Crippen MR) is 129 cm³/mol. The number of hydrogen-bond donors (Lipinski definition) is 0. The monoisotopic (exact) mass is 551 g/mol. The van der Waals surface area contributed by atoms with Crippen LogP contribution in [0.4, 0.5) is 29.3 Å². The third-order valence-corrected chi connectivity index (χ3v) is 7.76. The van der Waals surface area contributed by atoms with Gasteiger partial charge in [-0.25, -0.2) is 22.6 Å². The van der Waals surface area contributed by atoms with Gasteiger partial charge in [0.1, 0.15) is 24.1 Å². The lowest BCUT2D eigenvalue weighted by molar-refractivity contribution is 0.0872. The summed E-state index contributed by atoms with van der Waals surface area (Å²) in [5, 5.41) is 7.47. The Hall–Kier alpha value is -3.65. The van der Waals surface area contributed by atoms with Crippen molar-refractivity contribution in [2.75, 3.05) is 29.4 Å². The minimum absolute atomic E-state index is 0.0433. The van der Waals surface area contributed by atoms with E-state index in [2.05, 4.69) is 10.3 Å². The summed E-state index contributed by atoms with van der Waals surface area (Å²) in [5.74, 6) is -1.99. The van der Waals surface area contributed by atoms with Crippen LogP contribution in [0.2, 0.25) is 0 Å². The van der Waals surface area contributed by atoms with Gasteiger partial charge in [0.25, 0.3) is 10.1 Å². The first-order valence-corrected chi connectivity index (χ1v) is 13.2. The molecule has 2 aliphatic rings. The van der Waals surface area contributed by atoms with Gasteiger partial charge in [0.15, 0.2) is 11.6 Å². The van der Waals surface area contributed by atoms with Gasteiger partial charge in [-0.2, -0.15) is 8.42 Å². The molecule has 0 bridgehead atoms. The van der Waals surface area contributed by atoms with Crippen LogP contribution >= 0.6 is 0 Å². The van der Waals surface area contributed by atoms with Crippen LogP contribution in [-0.4, -0.2) is 67.5 Å². The molecule has 3 unspecified atom stereocenters. The van der Waals surface area contributed by atoms with E-state index in [1.54, 1.807) is 25.3 Å². The predicted octanol–water partition coefficient (Wildman–Crippen LogP) is 3.21. The number of alkyl halides is 1. The maximum absolute atomic E-state index is 15.1. The number of benzene rings is 2. The first-order valence-electron chi connectivity index (χ1n) is 11.8. The Morgan fingerprint density at radius 3 is 2.47 bits per heavy atom. The summed E-state index contributed by atoms with van der Waals surface area (Å²) in [4.78, 5) is 14.5. The van der Waals surface area contributed by atoms with Crippen molar-refractivity contribution in [1.29, 1.82) is 0 Å². The lowest BCUT2D eigenvalue weighted by atomic mass is 10.0. The van der Waals surface area contributed by atoms with Gasteiger partial charge in [-0.1, -0.05) is 22.9 Å². The molecular weight excluding hydrogens is 527 g/mol. The number of halogens is 3. The summed E-state index contributed by atoms with van der Waals surface area (Å²) < 4.78 is 82.1. The molecule has 5 rings (SSSR count). The van der Waals surface area contributed by atoms with Gasteiger partial charge in [-0.3, -0.25) is 9.08 Å². The van der Waals surface area contributed by atoms with Crippen LogP contribution in [0.15, 0.2) is 53.7 Å². The third kappa shape index (κ3) is 5.31. The fourth-order valence-corrected chi connectivity index (χ4v) is 5.62. The smallest absolute Gasteiger partial charge is 0.414 e. The second-order valence-electron chi connectivity index (χ2n) is 9.15. The van der Waals surface area contributed by atoms with Crippen LogP contribution in [0.1, 0.15) is 12.0 Å². The molecular formula is C24H24F3N5O5S. The van der Waals surface area contributed by atoms with Gasteiger partial charge in [0.2, 0.25) is 0 Å². The highest BCUT2D eigenvalue weighted by molar-refractivity contribution is 7.86. The van der Waals surface area contributed by atoms with Crippen molar-refractivity contribution in [3.63, 3.8) is 0 Å². The van der Waals surface area contributed by atoms with E-state index < -0.39 is 58.5 Å². The SMILES string of the molecule is Cc1ccc(S(=O)(=O)OC2CCN(c3c(F)cc(N4CC(Cn5ccnn5)OC4=O)cc3F)CC2F)cc1. The van der Waals surface area contributed by atoms with E-state index in [0.29, 0.717) is 0 Å². The number of cyclic esters (lactones) is 1. The van der Waals surface area contributed by atoms with Crippen LogP contribution < -0.4 is 9.80 Å². The molecule has 2 saturated heterocycles. The number of carbonyl (C=O) groups is 1. The van der Waals surface area contributed by atoms with Crippen molar-refractivity contribution in [3.8, 4) is 0 Å². The zero-order chi connectivity index (χ0) is 27.0. The van der Waals surface area contributed by atoms with E-state index >= 15 is 8.78 Å². The van der Waals surface area contributed by atoms with Gasteiger partial charge in [0, 0.05) is 24.9 Å². The molecule has 14 heteroatoms. The molecule has 1 aromatic heterocycles. The number of anilines is 2. The summed E-state index contributed by atoms with van der Waals surface area (Å²) in [6, 6.07) is 7.89. The van der Waals surface area contributed by atoms with E-state index in [1.807, 2.05) is 0 Å². The fraction of sp³-hybridized carbons (Fsp3) is 0.375. The first-order chi connectivity index (χ1) is 18.1.